The van der Waals surface area contributed by atoms with Crippen molar-refractivity contribution >= 4 is 38.5 Å². The summed E-state index contributed by atoms with van der Waals surface area (Å²) in [5.74, 6) is 0.291. The molecular weight excluding hydrogens is 420 g/mol. The molecule has 0 saturated carbocycles. The van der Waals surface area contributed by atoms with Crippen LogP contribution in [-0.4, -0.2) is 25.0 Å². The van der Waals surface area contributed by atoms with Crippen molar-refractivity contribution in [2.45, 2.75) is 19.5 Å². The molecule has 3 aromatic rings. The number of carbonyl (C=O) groups is 2. The Morgan fingerprint density at radius 3 is 2.39 bits per heavy atom. The summed E-state index contributed by atoms with van der Waals surface area (Å²) in [5, 5.41) is 7.73. The topological polar surface area (TPSA) is 67.4 Å². The van der Waals surface area contributed by atoms with Crippen molar-refractivity contribution in [1.29, 1.82) is 0 Å². The zero-order valence-electron chi connectivity index (χ0n) is 15.7. The van der Waals surface area contributed by atoms with E-state index in [2.05, 4.69) is 26.6 Å². The van der Waals surface area contributed by atoms with Crippen LogP contribution in [0, 0.1) is 0 Å². The Hall–Kier alpha value is -2.86. The van der Waals surface area contributed by atoms with E-state index in [1.54, 1.807) is 38.3 Å². The second-order valence-electron chi connectivity index (χ2n) is 6.47. The molecule has 0 aliphatic carbocycles. The molecular formula is C22H21BrN2O3. The molecule has 0 fully saturated rings. The average molecular weight is 441 g/mol. The number of methoxy groups -OCH3 is 1. The SMILES string of the molecule is COc1ccc2cc(CNC(=O)[C@@H](C)NC(=O)c3ccc(Br)cc3)ccc2c1. The Bertz CT molecular complexity index is 1000. The Kier molecular flexibility index (Phi) is 6.31. The van der Waals surface area contributed by atoms with Gasteiger partial charge in [0.05, 0.1) is 7.11 Å². The zero-order valence-corrected chi connectivity index (χ0v) is 17.2. The van der Waals surface area contributed by atoms with Crippen molar-refractivity contribution in [1.82, 2.24) is 10.6 Å². The molecule has 2 amide bonds. The first-order chi connectivity index (χ1) is 13.5. The van der Waals surface area contributed by atoms with Gasteiger partial charge in [-0.2, -0.15) is 0 Å². The van der Waals surface area contributed by atoms with Crippen molar-refractivity contribution in [3.63, 3.8) is 0 Å². The Balaban J connectivity index is 1.57. The first-order valence-corrected chi connectivity index (χ1v) is 9.66. The molecule has 6 heteroatoms. The van der Waals surface area contributed by atoms with Gasteiger partial charge in [-0.25, -0.2) is 0 Å². The van der Waals surface area contributed by atoms with E-state index in [0.29, 0.717) is 12.1 Å². The van der Waals surface area contributed by atoms with Crippen molar-refractivity contribution in [2.75, 3.05) is 7.11 Å². The number of fused-ring (bicyclic) bond motifs is 1. The van der Waals surface area contributed by atoms with Crippen molar-refractivity contribution in [3.05, 3.63) is 76.3 Å². The largest absolute Gasteiger partial charge is 0.497 e. The van der Waals surface area contributed by atoms with Crippen LogP contribution in [0.25, 0.3) is 10.8 Å². The first-order valence-electron chi connectivity index (χ1n) is 8.87. The third kappa shape index (κ3) is 4.89. The van der Waals surface area contributed by atoms with E-state index < -0.39 is 6.04 Å². The van der Waals surface area contributed by atoms with Crippen LogP contribution < -0.4 is 15.4 Å². The second kappa shape index (κ2) is 8.89. The summed E-state index contributed by atoms with van der Waals surface area (Å²) < 4.78 is 6.13. The van der Waals surface area contributed by atoms with E-state index in [1.807, 2.05) is 36.4 Å². The lowest BCUT2D eigenvalue weighted by Crippen LogP contribution is -2.44. The van der Waals surface area contributed by atoms with E-state index >= 15 is 0 Å². The highest BCUT2D eigenvalue weighted by Crippen LogP contribution is 2.21. The highest BCUT2D eigenvalue weighted by Gasteiger charge is 2.16. The van der Waals surface area contributed by atoms with E-state index in [9.17, 15) is 9.59 Å². The van der Waals surface area contributed by atoms with E-state index in [0.717, 1.165) is 26.6 Å². The van der Waals surface area contributed by atoms with Gasteiger partial charge in [0.25, 0.3) is 5.91 Å². The molecule has 0 bridgehead atoms. The number of hydrogen-bond donors (Lipinski definition) is 2. The van der Waals surface area contributed by atoms with Gasteiger partial charge in [-0.05, 0) is 65.7 Å². The van der Waals surface area contributed by atoms with Crippen LogP contribution in [0.4, 0.5) is 0 Å². The van der Waals surface area contributed by atoms with Gasteiger partial charge in [-0.3, -0.25) is 9.59 Å². The summed E-state index contributed by atoms with van der Waals surface area (Å²) in [4.78, 5) is 24.6. The fourth-order valence-electron chi connectivity index (χ4n) is 2.80. The lowest BCUT2D eigenvalue weighted by atomic mass is 10.1. The molecule has 28 heavy (non-hydrogen) atoms. The maximum Gasteiger partial charge on any atom is 0.251 e. The third-order valence-corrected chi connectivity index (χ3v) is 4.95. The van der Waals surface area contributed by atoms with Crippen molar-refractivity contribution in [3.8, 4) is 5.75 Å². The standard InChI is InChI=1S/C22H21BrN2O3/c1-14(25-22(27)16-5-8-19(23)9-6-16)21(26)24-13-15-3-4-18-12-20(28-2)10-7-17(18)11-15/h3-12,14H,13H2,1-2H3,(H,24,26)(H,25,27)/t14-/m1/s1. The van der Waals surface area contributed by atoms with Crippen LogP contribution in [-0.2, 0) is 11.3 Å². The molecule has 3 rings (SSSR count). The number of halogens is 1. The van der Waals surface area contributed by atoms with E-state index in [4.69, 9.17) is 4.74 Å². The molecule has 1 atom stereocenters. The predicted octanol–water partition coefficient (Wildman–Crippen LogP) is 4.05. The van der Waals surface area contributed by atoms with Crippen LogP contribution in [0.15, 0.2) is 65.1 Å². The van der Waals surface area contributed by atoms with Crippen LogP contribution in [0.1, 0.15) is 22.8 Å². The van der Waals surface area contributed by atoms with E-state index in [-0.39, 0.29) is 11.8 Å². The summed E-state index contributed by atoms with van der Waals surface area (Å²) in [6, 6.07) is 18.2. The molecule has 0 heterocycles. The molecule has 5 nitrogen and oxygen atoms in total. The van der Waals surface area contributed by atoms with Crippen LogP contribution in [0.3, 0.4) is 0 Å². The van der Waals surface area contributed by atoms with Crippen molar-refractivity contribution < 1.29 is 14.3 Å². The Morgan fingerprint density at radius 2 is 1.68 bits per heavy atom. The van der Waals surface area contributed by atoms with Crippen LogP contribution in [0.2, 0.25) is 0 Å². The maximum atomic E-state index is 12.3. The number of ether oxygens (including phenoxy) is 1. The first kappa shape index (κ1) is 19.9. The maximum absolute atomic E-state index is 12.3. The van der Waals surface area contributed by atoms with E-state index in [1.165, 1.54) is 0 Å². The molecule has 144 valence electrons. The van der Waals surface area contributed by atoms with Gasteiger partial charge in [0.2, 0.25) is 5.91 Å². The summed E-state index contributed by atoms with van der Waals surface area (Å²) in [6.07, 6.45) is 0. The molecule has 0 aliphatic heterocycles. The van der Waals surface area contributed by atoms with Gasteiger partial charge in [0.15, 0.2) is 0 Å². The third-order valence-electron chi connectivity index (χ3n) is 4.43. The molecule has 0 aromatic heterocycles. The minimum absolute atomic E-state index is 0.236. The lowest BCUT2D eigenvalue weighted by molar-refractivity contribution is -0.122. The summed E-state index contributed by atoms with van der Waals surface area (Å²) in [6.45, 7) is 2.05. The summed E-state index contributed by atoms with van der Waals surface area (Å²) in [5.41, 5.74) is 1.49. The van der Waals surface area contributed by atoms with Gasteiger partial charge in [0.1, 0.15) is 11.8 Å². The number of rotatable bonds is 6. The summed E-state index contributed by atoms with van der Waals surface area (Å²) >= 11 is 3.33. The Labute approximate surface area is 172 Å². The zero-order chi connectivity index (χ0) is 20.1. The van der Waals surface area contributed by atoms with Gasteiger partial charge >= 0.3 is 0 Å². The van der Waals surface area contributed by atoms with Gasteiger partial charge in [-0.1, -0.05) is 34.1 Å². The van der Waals surface area contributed by atoms with Gasteiger partial charge in [0, 0.05) is 16.6 Å². The van der Waals surface area contributed by atoms with Gasteiger partial charge < -0.3 is 15.4 Å². The number of nitrogens with one attached hydrogen (secondary N) is 2. The molecule has 0 spiro atoms. The predicted molar refractivity (Wildman–Crippen MR) is 113 cm³/mol. The summed E-state index contributed by atoms with van der Waals surface area (Å²) in [7, 11) is 1.64. The fraction of sp³-hybridized carbons (Fsp3) is 0.182. The molecule has 0 aliphatic rings. The number of hydrogen-bond acceptors (Lipinski definition) is 3. The normalized spacial score (nSPS) is 11.7. The molecule has 2 N–H and O–H groups in total. The molecule has 3 aromatic carbocycles. The Morgan fingerprint density at radius 1 is 1.00 bits per heavy atom. The quantitative estimate of drug-likeness (QED) is 0.607. The number of amides is 2. The monoisotopic (exact) mass is 440 g/mol. The average Bonchev–Trinajstić information content (AvgIpc) is 2.71. The highest BCUT2D eigenvalue weighted by molar-refractivity contribution is 9.10. The molecule has 0 radical (unpaired) electrons. The highest BCUT2D eigenvalue weighted by atomic mass is 79.9. The molecule has 0 saturated heterocycles. The second-order valence-corrected chi connectivity index (χ2v) is 7.38. The minimum Gasteiger partial charge on any atom is -0.497 e. The van der Waals surface area contributed by atoms with Crippen molar-refractivity contribution in [2.24, 2.45) is 0 Å². The minimum atomic E-state index is -0.638. The van der Waals surface area contributed by atoms with Crippen LogP contribution in [0.5, 0.6) is 5.75 Å². The number of benzene rings is 3. The fourth-order valence-corrected chi connectivity index (χ4v) is 3.06. The lowest BCUT2D eigenvalue weighted by Gasteiger charge is -2.14. The van der Waals surface area contributed by atoms with Gasteiger partial charge in [-0.15, -0.1) is 0 Å². The van der Waals surface area contributed by atoms with Crippen LogP contribution >= 0.6 is 15.9 Å². The molecule has 0 unspecified atom stereocenters. The smallest absolute Gasteiger partial charge is 0.251 e. The number of carbonyl (C=O) groups excluding carboxylic acids is 2.